The Morgan fingerprint density at radius 2 is 1.53 bits per heavy atom. The van der Waals surface area contributed by atoms with E-state index in [2.05, 4.69) is 30.5 Å². The number of amides is 3. The fraction of sp³-hybridized carbons (Fsp3) is 0.559. The topological polar surface area (TPSA) is 142 Å². The molecule has 1 unspecified atom stereocenters. The van der Waals surface area contributed by atoms with Crippen LogP contribution < -0.4 is 10.6 Å². The van der Waals surface area contributed by atoms with Gasteiger partial charge >= 0.3 is 13.2 Å². The number of carbonyl (C=O) groups is 3. The summed E-state index contributed by atoms with van der Waals surface area (Å²) in [6, 6.07) is 15.3. The molecule has 0 aliphatic carbocycles. The summed E-state index contributed by atoms with van der Waals surface area (Å²) in [5.41, 5.74) is 4.53. The molecule has 1 fully saturated rings. The van der Waals surface area contributed by atoms with Crippen LogP contribution in [0.5, 0.6) is 0 Å². The predicted molar refractivity (Wildman–Crippen MR) is 178 cm³/mol. The van der Waals surface area contributed by atoms with E-state index in [1.165, 1.54) is 55.4 Å². The van der Waals surface area contributed by atoms with Crippen molar-refractivity contribution in [3.05, 3.63) is 70.8 Å². The van der Waals surface area contributed by atoms with Gasteiger partial charge in [0.05, 0.1) is 13.0 Å². The second-order valence-electron chi connectivity index (χ2n) is 11.7. The Hall–Kier alpha value is -3.41. The zero-order valence-electron chi connectivity index (χ0n) is 27.3. The van der Waals surface area contributed by atoms with E-state index in [9.17, 15) is 14.4 Å². The van der Waals surface area contributed by atoms with Gasteiger partial charge < -0.3 is 30.7 Å². The van der Waals surface area contributed by atoms with E-state index in [4.69, 9.17) is 15.2 Å². The number of nitrogens with one attached hydrogen (secondary N) is 2. The number of fused-ring (bicyclic) bond motifs is 1. The molecule has 2 heterocycles. The molecule has 2 aliphatic rings. The van der Waals surface area contributed by atoms with Crippen molar-refractivity contribution in [1.29, 1.82) is 0 Å². The molecule has 0 bridgehead atoms. The van der Waals surface area contributed by atoms with Gasteiger partial charge in [0.25, 0.3) is 0 Å². The molecule has 5 N–H and O–H groups in total. The van der Waals surface area contributed by atoms with Crippen LogP contribution in [0.4, 0.5) is 4.79 Å². The maximum absolute atomic E-state index is 12.3. The average Bonchev–Trinajstić information content (AvgIpc) is 3.69. The lowest BCUT2D eigenvalue weighted by atomic mass is 9.92. The van der Waals surface area contributed by atoms with Crippen molar-refractivity contribution in [2.45, 2.75) is 104 Å². The van der Waals surface area contributed by atoms with Gasteiger partial charge in [-0.2, -0.15) is 0 Å². The highest BCUT2D eigenvalue weighted by Crippen LogP contribution is 2.21. The molecule has 0 radical (unpaired) electrons. The van der Waals surface area contributed by atoms with Gasteiger partial charge in [-0.3, -0.25) is 14.5 Å². The van der Waals surface area contributed by atoms with Crippen molar-refractivity contribution in [3.8, 4) is 0 Å². The average molecular weight is 625 g/mol. The molecule has 10 nitrogen and oxygen atoms in total. The lowest BCUT2D eigenvalue weighted by Gasteiger charge is -2.24. The molecule has 0 saturated carbocycles. The van der Waals surface area contributed by atoms with Crippen LogP contribution in [0.2, 0.25) is 0 Å². The lowest BCUT2D eigenvalue weighted by molar-refractivity contribution is -0.137. The standard InChI is InChI=1S/C16H24BN3O4.C9H9NO2.C9H20/c1-12-4-2-5-13(8-12)9-18-10-15(21)20-7-3-6-14(20)16(22)19-11-17(23)24;11-9(12)10-5-7-3-1-2-4-8(7)6-10;1-3-5-7-9-8-6-4-2/h2,4-5,8,14,18,23-24H,3,6-7,9-11H2,1H3,(H,19,22);1-4H,5-6H2,(H,11,12);3-9H2,1-2H3. The molecule has 1 saturated heterocycles. The minimum atomic E-state index is -1.59. The van der Waals surface area contributed by atoms with E-state index in [0.717, 1.165) is 23.1 Å². The zero-order chi connectivity index (χ0) is 33.0. The van der Waals surface area contributed by atoms with Crippen molar-refractivity contribution < 1.29 is 29.5 Å². The van der Waals surface area contributed by atoms with Crippen molar-refractivity contribution >= 4 is 25.0 Å². The molecule has 2 aromatic carbocycles. The van der Waals surface area contributed by atoms with Gasteiger partial charge in [0.15, 0.2) is 0 Å². The first-order chi connectivity index (χ1) is 21.7. The van der Waals surface area contributed by atoms with Gasteiger partial charge in [0.2, 0.25) is 11.8 Å². The van der Waals surface area contributed by atoms with Crippen LogP contribution in [-0.2, 0) is 29.2 Å². The molecular formula is C34H53BN4O6. The van der Waals surface area contributed by atoms with Gasteiger partial charge in [-0.05, 0) is 36.5 Å². The van der Waals surface area contributed by atoms with Crippen LogP contribution >= 0.6 is 0 Å². The largest absolute Gasteiger partial charge is 0.472 e. The Morgan fingerprint density at radius 3 is 2.09 bits per heavy atom. The quantitative estimate of drug-likeness (QED) is 0.161. The number of unbranched alkanes of at least 4 members (excludes halogenated alkanes) is 6. The highest BCUT2D eigenvalue weighted by Gasteiger charge is 2.34. The molecule has 11 heteroatoms. The Bertz CT molecular complexity index is 1150. The van der Waals surface area contributed by atoms with Crippen molar-refractivity contribution in [1.82, 2.24) is 20.4 Å². The maximum atomic E-state index is 12.3. The van der Waals surface area contributed by atoms with E-state index in [-0.39, 0.29) is 24.8 Å². The third-order valence-electron chi connectivity index (χ3n) is 7.84. The van der Waals surface area contributed by atoms with Crippen molar-refractivity contribution in [2.75, 3.05) is 19.5 Å². The summed E-state index contributed by atoms with van der Waals surface area (Å²) < 4.78 is 0. The number of hydrogen-bond donors (Lipinski definition) is 5. The first-order valence-corrected chi connectivity index (χ1v) is 16.4. The summed E-state index contributed by atoms with van der Waals surface area (Å²) >= 11 is 0. The third kappa shape index (κ3) is 14.5. The van der Waals surface area contributed by atoms with Crippen LogP contribution in [-0.4, -0.2) is 75.6 Å². The number of benzene rings is 2. The second kappa shape index (κ2) is 21.4. The number of nitrogens with zero attached hydrogens (tertiary/aromatic N) is 2. The predicted octanol–water partition coefficient (Wildman–Crippen LogP) is 4.64. The Labute approximate surface area is 269 Å². The SMILES string of the molecule is CCCCCCCCC.Cc1cccc(CNCC(=O)N2CCCC2C(=O)NCB(O)O)c1.O=C(O)N1Cc2ccccc2C1. The minimum Gasteiger partial charge on any atom is -0.465 e. The third-order valence-corrected chi connectivity index (χ3v) is 7.84. The Balaban J connectivity index is 0.000000277. The maximum Gasteiger partial charge on any atom is 0.472 e. The molecule has 248 valence electrons. The van der Waals surface area contributed by atoms with Crippen LogP contribution in [0.25, 0.3) is 0 Å². The minimum absolute atomic E-state index is 0.121. The van der Waals surface area contributed by atoms with E-state index >= 15 is 0 Å². The summed E-state index contributed by atoms with van der Waals surface area (Å²) in [6.07, 6.45) is 10.3. The van der Waals surface area contributed by atoms with Gasteiger partial charge in [-0.1, -0.05) is 113 Å². The molecule has 3 amide bonds. The monoisotopic (exact) mass is 624 g/mol. The Morgan fingerprint density at radius 1 is 0.911 bits per heavy atom. The summed E-state index contributed by atoms with van der Waals surface area (Å²) in [5.74, 6) is -0.461. The molecule has 1 atom stereocenters. The van der Waals surface area contributed by atoms with E-state index in [1.807, 2.05) is 49.4 Å². The van der Waals surface area contributed by atoms with Gasteiger partial charge in [0, 0.05) is 26.2 Å². The van der Waals surface area contributed by atoms with Gasteiger partial charge in [0.1, 0.15) is 6.04 Å². The van der Waals surface area contributed by atoms with E-state index < -0.39 is 19.3 Å². The van der Waals surface area contributed by atoms with E-state index in [1.54, 1.807) is 4.90 Å². The fourth-order valence-electron chi connectivity index (χ4n) is 5.38. The summed E-state index contributed by atoms with van der Waals surface area (Å²) in [4.78, 5) is 38.0. The van der Waals surface area contributed by atoms with Crippen molar-refractivity contribution in [2.24, 2.45) is 0 Å². The fourth-order valence-corrected chi connectivity index (χ4v) is 5.38. The summed E-state index contributed by atoms with van der Waals surface area (Å²) in [5, 5.41) is 31.9. The molecular weight excluding hydrogens is 571 g/mol. The van der Waals surface area contributed by atoms with Crippen molar-refractivity contribution in [3.63, 3.8) is 0 Å². The second-order valence-corrected chi connectivity index (χ2v) is 11.7. The number of rotatable bonds is 13. The molecule has 2 aliphatic heterocycles. The zero-order valence-corrected chi connectivity index (χ0v) is 27.3. The highest BCUT2D eigenvalue weighted by atomic mass is 16.4. The normalized spacial score (nSPS) is 14.9. The smallest absolute Gasteiger partial charge is 0.465 e. The Kier molecular flexibility index (Phi) is 17.9. The first kappa shape index (κ1) is 37.8. The molecule has 4 rings (SSSR count). The number of carboxylic acid groups (broad SMARTS) is 1. The van der Waals surface area contributed by atoms with Crippen LogP contribution in [0.3, 0.4) is 0 Å². The van der Waals surface area contributed by atoms with Crippen LogP contribution in [0.1, 0.15) is 93.9 Å². The van der Waals surface area contributed by atoms with E-state index in [0.29, 0.717) is 32.6 Å². The molecule has 2 aromatic rings. The van der Waals surface area contributed by atoms with Gasteiger partial charge in [-0.25, -0.2) is 4.79 Å². The summed E-state index contributed by atoms with van der Waals surface area (Å²) in [6.45, 7) is 8.92. The molecule has 0 spiro atoms. The number of hydrogen-bond acceptors (Lipinski definition) is 6. The number of likely N-dealkylation sites (tertiary alicyclic amines) is 1. The molecule has 0 aromatic heterocycles. The number of aryl methyl sites for hydroxylation is 1. The first-order valence-electron chi connectivity index (χ1n) is 16.4. The van der Waals surface area contributed by atoms with Crippen LogP contribution in [0.15, 0.2) is 48.5 Å². The number of carbonyl (C=O) groups excluding carboxylic acids is 2. The van der Waals surface area contributed by atoms with Gasteiger partial charge in [-0.15, -0.1) is 0 Å². The highest BCUT2D eigenvalue weighted by molar-refractivity contribution is 6.41. The lowest BCUT2D eigenvalue weighted by Crippen LogP contribution is -2.50. The summed E-state index contributed by atoms with van der Waals surface area (Å²) in [7, 11) is -1.59. The molecule has 45 heavy (non-hydrogen) atoms. The van der Waals surface area contributed by atoms with Crippen LogP contribution in [0, 0.1) is 6.92 Å².